The lowest BCUT2D eigenvalue weighted by Crippen LogP contribution is -2.50. The number of hydrogen-bond acceptors (Lipinski definition) is 3. The number of fused-ring (bicyclic) bond motifs is 1. The number of aryl methyl sites for hydroxylation is 3. The van der Waals surface area contributed by atoms with E-state index in [1.165, 1.54) is 19.9 Å². The lowest BCUT2D eigenvalue weighted by Gasteiger charge is -2.31. The Morgan fingerprint density at radius 2 is 1.68 bits per heavy atom. The van der Waals surface area contributed by atoms with E-state index >= 15 is 0 Å². The van der Waals surface area contributed by atoms with Gasteiger partial charge in [-0.1, -0.05) is 24.2 Å². The third-order valence-corrected chi connectivity index (χ3v) is 5.87. The Bertz CT molecular complexity index is 1120. The molecule has 2 aromatic carbocycles. The molecule has 3 rings (SSSR count). The molecule has 0 spiro atoms. The number of anilines is 1. The quantitative estimate of drug-likeness (QED) is 0.288. The third-order valence-electron chi connectivity index (χ3n) is 5.87. The van der Waals surface area contributed by atoms with Gasteiger partial charge in [0.05, 0.1) is 5.71 Å². The summed E-state index contributed by atoms with van der Waals surface area (Å²) >= 11 is 0. The van der Waals surface area contributed by atoms with Gasteiger partial charge in [-0.05, 0) is 67.5 Å². The fraction of sp³-hybridized carbons (Fsp3) is 0.391. The summed E-state index contributed by atoms with van der Waals surface area (Å²) in [5.74, 6) is -0.639. The van der Waals surface area contributed by atoms with Crippen molar-refractivity contribution in [3.05, 3.63) is 63.7 Å². The van der Waals surface area contributed by atoms with Gasteiger partial charge in [-0.3, -0.25) is 4.79 Å². The molecular formula is C23H21F7N2O2. The number of hydrogen-bond donors (Lipinski definition) is 2. The van der Waals surface area contributed by atoms with Gasteiger partial charge < -0.3 is 10.5 Å². The Kier molecular flexibility index (Phi) is 6.69. The average Bonchev–Trinajstić information content (AvgIpc) is 2.77. The standard InChI is InChI=1S/C23H21F7N2O2/c1-3-13-11-16(21(24,22(25,26)27)23(28,29)30)9-12(2)19(13)31-20(33)15-7-8-17-14(10-15)5-4-6-18(17)32-34/h7-11,34H,3-6H2,1-2H3,(H,31,33). The fourth-order valence-corrected chi connectivity index (χ4v) is 4.10. The molecule has 11 heteroatoms. The fourth-order valence-electron chi connectivity index (χ4n) is 4.10. The topological polar surface area (TPSA) is 61.7 Å². The summed E-state index contributed by atoms with van der Waals surface area (Å²) in [6.07, 6.45) is -10.6. The molecule has 2 N–H and O–H groups in total. The maximum atomic E-state index is 14.5. The van der Waals surface area contributed by atoms with E-state index in [4.69, 9.17) is 5.21 Å². The predicted octanol–water partition coefficient (Wildman–Crippen LogP) is 6.61. The van der Waals surface area contributed by atoms with Crippen molar-refractivity contribution in [1.82, 2.24) is 0 Å². The number of rotatable bonds is 4. The molecule has 1 aliphatic carbocycles. The highest BCUT2D eigenvalue weighted by molar-refractivity contribution is 6.07. The van der Waals surface area contributed by atoms with E-state index in [2.05, 4.69) is 10.5 Å². The van der Waals surface area contributed by atoms with Crippen LogP contribution in [0.1, 0.15) is 57.9 Å². The zero-order chi connectivity index (χ0) is 25.5. The van der Waals surface area contributed by atoms with Crippen LogP contribution >= 0.6 is 0 Å². The number of amides is 1. The van der Waals surface area contributed by atoms with Crippen LogP contribution in [0.15, 0.2) is 35.5 Å². The number of carbonyl (C=O) groups is 1. The highest BCUT2D eigenvalue weighted by Gasteiger charge is 2.73. The van der Waals surface area contributed by atoms with Crippen LogP contribution in [0.25, 0.3) is 0 Å². The molecule has 0 saturated heterocycles. The van der Waals surface area contributed by atoms with E-state index in [1.54, 1.807) is 12.1 Å². The first kappa shape index (κ1) is 25.5. The molecule has 0 bridgehead atoms. The van der Waals surface area contributed by atoms with Crippen molar-refractivity contribution in [3.63, 3.8) is 0 Å². The molecular weight excluding hydrogens is 469 g/mol. The van der Waals surface area contributed by atoms with Gasteiger partial charge in [0, 0.05) is 22.4 Å². The van der Waals surface area contributed by atoms with E-state index in [-0.39, 0.29) is 28.8 Å². The molecule has 0 aliphatic heterocycles. The second-order valence-corrected chi connectivity index (χ2v) is 8.06. The number of carbonyl (C=O) groups excluding carboxylic acids is 1. The molecule has 4 nitrogen and oxygen atoms in total. The smallest absolute Gasteiger partial charge is 0.411 e. The second-order valence-electron chi connectivity index (χ2n) is 8.06. The Balaban J connectivity index is 2.00. The zero-order valence-corrected chi connectivity index (χ0v) is 18.2. The van der Waals surface area contributed by atoms with E-state index in [9.17, 15) is 35.5 Å². The molecule has 0 radical (unpaired) electrons. The van der Waals surface area contributed by atoms with Crippen LogP contribution < -0.4 is 5.32 Å². The van der Waals surface area contributed by atoms with Gasteiger partial charge in [0.1, 0.15) is 0 Å². The van der Waals surface area contributed by atoms with Crippen molar-refractivity contribution in [2.75, 3.05) is 5.32 Å². The normalized spacial score (nSPS) is 15.9. The molecule has 0 fully saturated rings. The molecule has 184 valence electrons. The zero-order valence-electron chi connectivity index (χ0n) is 18.2. The predicted molar refractivity (Wildman–Crippen MR) is 111 cm³/mol. The Hall–Kier alpha value is -3.11. The minimum atomic E-state index is -6.23. The van der Waals surface area contributed by atoms with Crippen molar-refractivity contribution >= 4 is 17.3 Å². The molecule has 0 aromatic heterocycles. The lowest BCUT2D eigenvalue weighted by atomic mass is 9.88. The monoisotopic (exact) mass is 490 g/mol. The molecule has 0 atom stereocenters. The largest absolute Gasteiger partial charge is 0.435 e. The maximum Gasteiger partial charge on any atom is 0.435 e. The van der Waals surface area contributed by atoms with Gasteiger partial charge in [0.15, 0.2) is 0 Å². The van der Waals surface area contributed by atoms with Gasteiger partial charge in [-0.15, -0.1) is 0 Å². The van der Waals surface area contributed by atoms with E-state index < -0.39 is 29.5 Å². The number of benzene rings is 2. The van der Waals surface area contributed by atoms with Gasteiger partial charge >= 0.3 is 18.0 Å². The van der Waals surface area contributed by atoms with Crippen LogP contribution in [0.5, 0.6) is 0 Å². The summed E-state index contributed by atoms with van der Waals surface area (Å²) in [6.45, 7) is 2.66. The third kappa shape index (κ3) is 4.35. The van der Waals surface area contributed by atoms with Crippen LogP contribution in [-0.4, -0.2) is 29.2 Å². The lowest BCUT2D eigenvalue weighted by molar-refractivity contribution is -0.348. The van der Waals surface area contributed by atoms with Gasteiger partial charge in [-0.2, -0.15) is 26.3 Å². The summed E-state index contributed by atoms with van der Waals surface area (Å²) < 4.78 is 93.7. The van der Waals surface area contributed by atoms with Crippen molar-refractivity contribution in [2.24, 2.45) is 5.16 Å². The van der Waals surface area contributed by atoms with Gasteiger partial charge in [0.2, 0.25) is 0 Å². The van der Waals surface area contributed by atoms with Crippen molar-refractivity contribution in [2.45, 2.75) is 57.6 Å². The van der Waals surface area contributed by atoms with Crippen molar-refractivity contribution < 1.29 is 40.7 Å². The summed E-state index contributed by atoms with van der Waals surface area (Å²) in [4.78, 5) is 12.8. The summed E-state index contributed by atoms with van der Waals surface area (Å²) in [6, 6.07) is 5.61. The van der Waals surface area contributed by atoms with Crippen molar-refractivity contribution in [1.29, 1.82) is 0 Å². The summed E-state index contributed by atoms with van der Waals surface area (Å²) in [7, 11) is 0. The molecule has 0 saturated carbocycles. The SMILES string of the molecule is CCc1cc(C(F)(C(F)(F)F)C(F)(F)F)cc(C)c1NC(=O)c1ccc2c(c1)CCCC2=NO. The highest BCUT2D eigenvalue weighted by atomic mass is 19.4. The number of halogens is 7. The van der Waals surface area contributed by atoms with Crippen molar-refractivity contribution in [3.8, 4) is 0 Å². The Morgan fingerprint density at radius 3 is 2.24 bits per heavy atom. The summed E-state index contributed by atoms with van der Waals surface area (Å²) in [5.41, 5.74) is -5.21. The van der Waals surface area contributed by atoms with Crippen LogP contribution in [0.2, 0.25) is 0 Å². The van der Waals surface area contributed by atoms with Gasteiger partial charge in [-0.25, -0.2) is 4.39 Å². The molecule has 1 amide bonds. The average molecular weight is 490 g/mol. The minimum Gasteiger partial charge on any atom is -0.411 e. The maximum absolute atomic E-state index is 14.5. The molecule has 0 heterocycles. The number of alkyl halides is 7. The molecule has 34 heavy (non-hydrogen) atoms. The Morgan fingerprint density at radius 1 is 1.03 bits per heavy atom. The van der Waals surface area contributed by atoms with Crippen LogP contribution in [0.4, 0.5) is 36.4 Å². The van der Waals surface area contributed by atoms with E-state index in [1.807, 2.05) is 0 Å². The van der Waals surface area contributed by atoms with Crippen LogP contribution in [0.3, 0.4) is 0 Å². The Labute approximate surface area is 190 Å². The molecule has 0 unspecified atom stereocenters. The first-order chi connectivity index (χ1) is 15.7. The summed E-state index contributed by atoms with van der Waals surface area (Å²) in [5, 5.41) is 14.9. The first-order valence-corrected chi connectivity index (χ1v) is 10.4. The van der Waals surface area contributed by atoms with Gasteiger partial charge in [0.25, 0.3) is 5.91 Å². The highest BCUT2D eigenvalue weighted by Crippen LogP contribution is 2.53. The number of oxime groups is 1. The van der Waals surface area contributed by atoms with E-state index in [0.29, 0.717) is 42.7 Å². The second kappa shape index (κ2) is 8.92. The van der Waals surface area contributed by atoms with Crippen LogP contribution in [0, 0.1) is 6.92 Å². The molecule has 1 aliphatic rings. The first-order valence-electron chi connectivity index (χ1n) is 10.4. The minimum absolute atomic E-state index is 0.0123. The van der Waals surface area contributed by atoms with Crippen LogP contribution in [-0.2, 0) is 18.5 Å². The van der Waals surface area contributed by atoms with E-state index in [0.717, 1.165) is 5.56 Å². The molecule has 2 aromatic rings. The number of nitrogens with zero attached hydrogens (tertiary/aromatic N) is 1. The number of nitrogens with one attached hydrogen (secondary N) is 1.